The molecule has 4 aromatic heterocycles. The smallest absolute Gasteiger partial charge is 0.120 e. The first-order chi connectivity index (χ1) is 26.4. The van der Waals surface area contributed by atoms with Crippen LogP contribution in [0.15, 0.2) is 175 Å². The van der Waals surface area contributed by atoms with Crippen molar-refractivity contribution >= 4 is 57.0 Å². The predicted molar refractivity (Wildman–Crippen MR) is 227 cm³/mol. The molecule has 0 fully saturated rings. The Bertz CT molecular complexity index is 2860. The molecule has 269 valence electrons. The number of pyridine rings is 2. The van der Waals surface area contributed by atoms with Crippen molar-refractivity contribution in [2.24, 2.45) is 0 Å². The standard InChI is InChI=1S/C38H29N2OSi.C11H8N.Ir/c1-42(2,3)28-21-17-26(18-22-28)25-15-19-27(20-16-25)40-35-13-6-4-9-29(35)33-24-39-34(23-36(33)40)32-12-8-11-31-30-10-5-7-14-37(30)41-38(31)32;1-2-6-10(7-3-1)11-8-4-5-9-12-11;/h4-11,13-24H,1-3H3;1-6,8-9H;/q2*-1;. The monoisotopic (exact) mass is 904 g/mol. The molecule has 1 radical (unpaired) electrons. The molecule has 0 N–H and O–H groups in total. The number of rotatable bonds is 5. The van der Waals surface area contributed by atoms with Crippen LogP contribution in [-0.2, 0) is 20.1 Å². The van der Waals surface area contributed by atoms with Gasteiger partial charge >= 0.3 is 0 Å². The van der Waals surface area contributed by atoms with Crippen molar-refractivity contribution in [3.63, 3.8) is 0 Å². The van der Waals surface area contributed by atoms with Crippen LogP contribution in [-0.4, -0.2) is 22.6 Å². The van der Waals surface area contributed by atoms with Crippen molar-refractivity contribution in [1.29, 1.82) is 0 Å². The third-order valence-electron chi connectivity index (χ3n) is 10.0. The first kappa shape index (κ1) is 36.1. The van der Waals surface area contributed by atoms with Crippen LogP contribution in [0, 0.1) is 12.1 Å². The van der Waals surface area contributed by atoms with Crippen LogP contribution in [0.25, 0.3) is 83.1 Å². The van der Waals surface area contributed by atoms with E-state index in [2.05, 4.69) is 132 Å². The summed E-state index contributed by atoms with van der Waals surface area (Å²) in [4.78, 5) is 9.15. The van der Waals surface area contributed by atoms with Gasteiger partial charge in [0, 0.05) is 59.9 Å². The minimum absolute atomic E-state index is 0. The van der Waals surface area contributed by atoms with Crippen molar-refractivity contribution in [2.45, 2.75) is 19.6 Å². The Morgan fingerprint density at radius 2 is 1.27 bits per heavy atom. The molecule has 0 spiro atoms. The first-order valence-corrected chi connectivity index (χ1v) is 21.7. The molecule has 6 aromatic carbocycles. The third-order valence-corrected chi connectivity index (χ3v) is 12.1. The van der Waals surface area contributed by atoms with E-state index in [1.807, 2.05) is 72.9 Å². The van der Waals surface area contributed by atoms with Gasteiger partial charge in [-0.15, -0.1) is 54.1 Å². The summed E-state index contributed by atoms with van der Waals surface area (Å²) in [5, 5.41) is 5.97. The SMILES string of the molecule is C[Si](C)(C)c1ccc(-c2ccc(-n3c4ccccc4c4cnc(-c5[c-]ccc6c5oc5ccccc56)cc43)cc2)cc1.[Ir].[c-]1ccccc1-c1ccccn1. The molecule has 55 heavy (non-hydrogen) atoms. The molecule has 0 bridgehead atoms. The zero-order chi connectivity index (χ0) is 36.6. The van der Waals surface area contributed by atoms with Gasteiger partial charge in [-0.25, -0.2) is 0 Å². The third kappa shape index (κ3) is 6.97. The van der Waals surface area contributed by atoms with E-state index >= 15 is 0 Å². The summed E-state index contributed by atoms with van der Waals surface area (Å²) in [5.74, 6) is 0. The summed E-state index contributed by atoms with van der Waals surface area (Å²) in [6, 6.07) is 61.2. The summed E-state index contributed by atoms with van der Waals surface area (Å²) in [6.07, 6.45) is 3.78. The molecule has 0 aliphatic heterocycles. The van der Waals surface area contributed by atoms with Gasteiger partial charge in [-0.1, -0.05) is 127 Å². The van der Waals surface area contributed by atoms with E-state index in [0.29, 0.717) is 0 Å². The van der Waals surface area contributed by atoms with E-state index < -0.39 is 8.07 Å². The number of benzene rings is 6. The molecule has 6 heteroatoms. The van der Waals surface area contributed by atoms with Gasteiger partial charge in [0.25, 0.3) is 0 Å². The Morgan fingerprint density at radius 1 is 0.564 bits per heavy atom. The van der Waals surface area contributed by atoms with Gasteiger partial charge in [0.05, 0.1) is 19.2 Å². The van der Waals surface area contributed by atoms with Crippen molar-refractivity contribution in [3.05, 3.63) is 182 Å². The zero-order valence-electron chi connectivity index (χ0n) is 30.7. The molecule has 0 unspecified atom stereocenters. The number of aromatic nitrogens is 3. The first-order valence-electron chi connectivity index (χ1n) is 18.2. The van der Waals surface area contributed by atoms with Crippen LogP contribution in [0.2, 0.25) is 19.6 Å². The van der Waals surface area contributed by atoms with E-state index in [0.717, 1.165) is 66.6 Å². The maximum absolute atomic E-state index is 6.33. The second kappa shape index (κ2) is 15.1. The van der Waals surface area contributed by atoms with Gasteiger partial charge in [-0.3, -0.25) is 0 Å². The molecule has 4 nitrogen and oxygen atoms in total. The Kier molecular flexibility index (Phi) is 9.89. The molecule has 10 rings (SSSR count). The number of fused-ring (bicyclic) bond motifs is 6. The maximum Gasteiger partial charge on any atom is 0.120 e. The van der Waals surface area contributed by atoms with Gasteiger partial charge in [0.2, 0.25) is 0 Å². The number of para-hydroxylation sites is 2. The number of furan rings is 1. The Hall–Kier alpha value is -5.91. The average Bonchev–Trinajstić information content (AvgIpc) is 3.77. The van der Waals surface area contributed by atoms with Crippen LogP contribution >= 0.6 is 0 Å². The fraction of sp³-hybridized carbons (Fsp3) is 0.0612. The van der Waals surface area contributed by atoms with Crippen LogP contribution in [0.3, 0.4) is 0 Å². The van der Waals surface area contributed by atoms with Gasteiger partial charge in [0.15, 0.2) is 0 Å². The topological polar surface area (TPSA) is 43.9 Å². The van der Waals surface area contributed by atoms with E-state index in [4.69, 9.17) is 9.40 Å². The minimum Gasteiger partial charge on any atom is -0.501 e. The predicted octanol–water partition coefficient (Wildman–Crippen LogP) is 12.3. The van der Waals surface area contributed by atoms with Gasteiger partial charge < -0.3 is 19.0 Å². The van der Waals surface area contributed by atoms with Crippen LogP contribution in [0.5, 0.6) is 0 Å². The molecule has 4 heterocycles. The summed E-state index contributed by atoms with van der Waals surface area (Å²) < 4.78 is 8.67. The quantitative estimate of drug-likeness (QED) is 0.128. The number of nitrogens with zero attached hydrogens (tertiary/aromatic N) is 3. The Morgan fingerprint density at radius 3 is 2.00 bits per heavy atom. The van der Waals surface area contributed by atoms with Crippen molar-refractivity contribution in [1.82, 2.24) is 14.5 Å². The van der Waals surface area contributed by atoms with E-state index in [1.54, 1.807) is 6.20 Å². The molecule has 0 aliphatic carbocycles. The largest absolute Gasteiger partial charge is 0.501 e. The van der Waals surface area contributed by atoms with E-state index in [-0.39, 0.29) is 20.1 Å². The van der Waals surface area contributed by atoms with Crippen molar-refractivity contribution < 1.29 is 24.5 Å². The van der Waals surface area contributed by atoms with Crippen molar-refractivity contribution in [2.75, 3.05) is 0 Å². The summed E-state index contributed by atoms with van der Waals surface area (Å²) in [5.41, 5.74) is 11.3. The Labute approximate surface area is 335 Å². The van der Waals surface area contributed by atoms with Crippen LogP contribution in [0.1, 0.15) is 0 Å². The molecular formula is C49H37IrN3OSi-2. The van der Waals surface area contributed by atoms with Crippen molar-refractivity contribution in [3.8, 4) is 39.3 Å². The average molecular weight is 904 g/mol. The zero-order valence-corrected chi connectivity index (χ0v) is 34.1. The summed E-state index contributed by atoms with van der Waals surface area (Å²) in [7, 11) is -1.32. The van der Waals surface area contributed by atoms with Crippen LogP contribution < -0.4 is 5.19 Å². The van der Waals surface area contributed by atoms with Crippen LogP contribution in [0.4, 0.5) is 0 Å². The molecule has 0 saturated carbocycles. The summed E-state index contributed by atoms with van der Waals surface area (Å²) in [6.45, 7) is 7.16. The molecular weight excluding hydrogens is 867 g/mol. The molecule has 0 saturated heterocycles. The fourth-order valence-electron chi connectivity index (χ4n) is 7.20. The molecule has 0 atom stereocenters. The number of hydrogen-bond donors (Lipinski definition) is 0. The molecule has 10 aromatic rings. The minimum atomic E-state index is -1.32. The normalized spacial score (nSPS) is 11.4. The number of hydrogen-bond acceptors (Lipinski definition) is 3. The Balaban J connectivity index is 0.000000280. The van der Waals surface area contributed by atoms with Gasteiger partial charge in [-0.05, 0) is 52.8 Å². The summed E-state index contributed by atoms with van der Waals surface area (Å²) >= 11 is 0. The maximum atomic E-state index is 6.33. The second-order valence-electron chi connectivity index (χ2n) is 14.5. The fourth-order valence-corrected chi connectivity index (χ4v) is 8.37. The van der Waals surface area contributed by atoms with Gasteiger partial charge in [-0.2, -0.15) is 0 Å². The van der Waals surface area contributed by atoms with E-state index in [9.17, 15) is 0 Å². The molecule has 0 amide bonds. The van der Waals surface area contributed by atoms with Gasteiger partial charge in [0.1, 0.15) is 5.58 Å². The van der Waals surface area contributed by atoms with E-state index in [1.165, 1.54) is 21.7 Å². The molecule has 0 aliphatic rings. The second-order valence-corrected chi connectivity index (χ2v) is 19.6.